The van der Waals surface area contributed by atoms with E-state index in [1.165, 1.54) is 16.6 Å². The number of methoxy groups -OCH3 is 1. The number of alkyl halides is 1. The number of amides is 2. The molecule has 5 rings (SSSR count). The van der Waals surface area contributed by atoms with Crippen LogP contribution < -0.4 is 20.9 Å². The van der Waals surface area contributed by atoms with E-state index in [4.69, 9.17) is 4.74 Å². The van der Waals surface area contributed by atoms with Crippen molar-refractivity contribution < 1.29 is 18.7 Å². The molecule has 2 amide bonds. The van der Waals surface area contributed by atoms with Gasteiger partial charge < -0.3 is 24.8 Å². The number of hydrogen-bond acceptors (Lipinski definition) is 6. The van der Waals surface area contributed by atoms with E-state index in [1.807, 2.05) is 6.07 Å². The molecular weight excluding hydrogens is 525 g/mol. The van der Waals surface area contributed by atoms with Crippen LogP contribution in [0.5, 0.6) is 5.75 Å². The molecule has 0 bridgehead atoms. The quantitative estimate of drug-likeness (QED) is 0.386. The first-order valence-corrected chi connectivity index (χ1v) is 14.0. The minimum absolute atomic E-state index is 0.0235. The van der Waals surface area contributed by atoms with Crippen LogP contribution >= 0.6 is 0 Å². The van der Waals surface area contributed by atoms with Gasteiger partial charge in [-0.3, -0.25) is 14.4 Å². The molecule has 1 aliphatic carbocycles. The molecule has 2 N–H and O–H groups in total. The molecule has 216 valence electrons. The number of nitrogens with one attached hydrogen (secondary N) is 2. The highest BCUT2D eigenvalue weighted by molar-refractivity contribution is 6.05. The zero-order valence-electron chi connectivity index (χ0n) is 23.9. The van der Waals surface area contributed by atoms with Crippen LogP contribution in [-0.2, 0) is 13.6 Å². The Hall–Kier alpha value is -4.05. The van der Waals surface area contributed by atoms with Crippen molar-refractivity contribution in [1.29, 1.82) is 0 Å². The number of likely N-dealkylation sites (tertiary alicyclic amines) is 1. The summed E-state index contributed by atoms with van der Waals surface area (Å²) < 4.78 is 20.3. The largest absolute Gasteiger partial charge is 0.497 e. The van der Waals surface area contributed by atoms with Crippen molar-refractivity contribution in [3.8, 4) is 16.9 Å². The van der Waals surface area contributed by atoms with Crippen molar-refractivity contribution in [2.75, 3.05) is 32.1 Å². The smallest absolute Gasteiger partial charge is 0.263 e. The lowest BCUT2D eigenvalue weighted by Gasteiger charge is -2.34. The number of carbonyl (C=O) groups is 2. The first-order chi connectivity index (χ1) is 19.6. The van der Waals surface area contributed by atoms with E-state index in [0.29, 0.717) is 40.7 Å². The number of benzene rings is 1. The van der Waals surface area contributed by atoms with Crippen LogP contribution in [0.1, 0.15) is 64.6 Å². The highest BCUT2D eigenvalue weighted by Crippen LogP contribution is 2.41. The van der Waals surface area contributed by atoms with E-state index in [0.717, 1.165) is 30.6 Å². The zero-order chi connectivity index (χ0) is 29.3. The minimum Gasteiger partial charge on any atom is -0.497 e. The predicted octanol–water partition coefficient (Wildman–Crippen LogP) is 4.13. The molecule has 2 aromatic heterocycles. The maximum absolute atomic E-state index is 13.6. The third kappa shape index (κ3) is 6.48. The molecule has 9 nitrogen and oxygen atoms in total. The van der Waals surface area contributed by atoms with Gasteiger partial charge in [0.05, 0.1) is 25.8 Å². The number of aryl methyl sites for hydroxylation is 1. The van der Waals surface area contributed by atoms with Crippen molar-refractivity contribution in [3.63, 3.8) is 0 Å². The SMILES string of the molecule is COc1ccc(-c2cc(NC(=O)c3cc(CNCC(C)C)cn(C)c3=O)nc(C3CC3)c2)c(C(=O)N2CC(F)C2)c1. The molecule has 1 aliphatic heterocycles. The monoisotopic (exact) mass is 561 g/mol. The van der Waals surface area contributed by atoms with Gasteiger partial charge in [-0.2, -0.15) is 0 Å². The maximum atomic E-state index is 13.6. The summed E-state index contributed by atoms with van der Waals surface area (Å²) in [7, 11) is 3.15. The number of carbonyl (C=O) groups excluding carboxylic acids is 2. The molecule has 2 aliphatic rings. The summed E-state index contributed by atoms with van der Waals surface area (Å²) in [6, 6.07) is 10.5. The average Bonchev–Trinajstić information content (AvgIpc) is 3.78. The maximum Gasteiger partial charge on any atom is 0.263 e. The van der Waals surface area contributed by atoms with Gasteiger partial charge in [0, 0.05) is 31.4 Å². The summed E-state index contributed by atoms with van der Waals surface area (Å²) in [5, 5.41) is 6.17. The first kappa shape index (κ1) is 28.5. The standard InChI is InChI=1S/C31H36FN5O4/c1-18(2)13-33-14-19-9-26(30(39)36(3)15-19)29(38)35-28-11-21(10-27(34-28)20-5-6-20)24-8-7-23(41-4)12-25(24)31(40)37-16-22(32)17-37/h7-12,15,18,20,22,33H,5-6,13-14,16-17H2,1-4H3,(H,34,35,38). The van der Waals surface area contributed by atoms with Crippen LogP contribution in [0.3, 0.4) is 0 Å². The molecule has 3 aromatic rings. The van der Waals surface area contributed by atoms with E-state index in [9.17, 15) is 18.8 Å². The van der Waals surface area contributed by atoms with E-state index in [2.05, 4.69) is 29.5 Å². The normalized spacial score (nSPS) is 15.1. The fourth-order valence-corrected chi connectivity index (χ4v) is 4.93. The lowest BCUT2D eigenvalue weighted by atomic mass is 9.96. The van der Waals surface area contributed by atoms with Gasteiger partial charge in [-0.25, -0.2) is 9.37 Å². The minimum atomic E-state index is -1.02. The fourth-order valence-electron chi connectivity index (χ4n) is 4.93. The second kappa shape index (κ2) is 11.8. The number of halogens is 1. The Morgan fingerprint density at radius 3 is 2.54 bits per heavy atom. The molecule has 0 radical (unpaired) electrons. The number of hydrogen-bond donors (Lipinski definition) is 2. The second-order valence-corrected chi connectivity index (χ2v) is 11.3. The van der Waals surface area contributed by atoms with Gasteiger partial charge in [-0.05, 0) is 78.4 Å². The highest BCUT2D eigenvalue weighted by Gasteiger charge is 2.33. The number of anilines is 1. The number of pyridine rings is 2. The van der Waals surface area contributed by atoms with E-state index in [-0.39, 0.29) is 30.5 Å². The van der Waals surface area contributed by atoms with E-state index >= 15 is 0 Å². The van der Waals surface area contributed by atoms with Crippen LogP contribution in [0.15, 0.2) is 47.4 Å². The summed E-state index contributed by atoms with van der Waals surface area (Å²) in [5.74, 6) is 0.698. The van der Waals surface area contributed by atoms with Crippen LogP contribution in [0.25, 0.3) is 11.1 Å². The molecule has 0 unspecified atom stereocenters. The van der Waals surface area contributed by atoms with Crippen LogP contribution in [0.4, 0.5) is 10.2 Å². The van der Waals surface area contributed by atoms with Gasteiger partial charge in [-0.1, -0.05) is 13.8 Å². The van der Waals surface area contributed by atoms with Crippen LogP contribution in [0, 0.1) is 5.92 Å². The zero-order valence-corrected chi connectivity index (χ0v) is 23.9. The Morgan fingerprint density at radius 1 is 1.12 bits per heavy atom. The van der Waals surface area contributed by atoms with E-state index in [1.54, 1.807) is 43.6 Å². The van der Waals surface area contributed by atoms with Gasteiger partial charge in [0.15, 0.2) is 0 Å². The summed E-state index contributed by atoms with van der Waals surface area (Å²) in [5.41, 5.74) is 2.96. The lowest BCUT2D eigenvalue weighted by molar-refractivity contribution is 0.0400. The molecule has 3 heterocycles. The van der Waals surface area contributed by atoms with Crippen molar-refractivity contribution in [3.05, 3.63) is 75.3 Å². The first-order valence-electron chi connectivity index (χ1n) is 14.0. The molecule has 1 saturated carbocycles. The predicted molar refractivity (Wildman–Crippen MR) is 155 cm³/mol. The van der Waals surface area contributed by atoms with E-state index < -0.39 is 17.6 Å². The van der Waals surface area contributed by atoms with Gasteiger partial charge >= 0.3 is 0 Å². The van der Waals surface area contributed by atoms with Crippen LogP contribution in [-0.4, -0.2) is 59.2 Å². The lowest BCUT2D eigenvalue weighted by Crippen LogP contribution is -2.51. The molecule has 1 saturated heterocycles. The van der Waals surface area contributed by atoms with Crippen molar-refractivity contribution in [1.82, 2.24) is 19.8 Å². The molecule has 0 spiro atoms. The average molecular weight is 562 g/mol. The van der Waals surface area contributed by atoms with Gasteiger partial charge in [-0.15, -0.1) is 0 Å². The summed E-state index contributed by atoms with van der Waals surface area (Å²) in [6.07, 6.45) is 2.67. The van der Waals surface area contributed by atoms with Crippen LogP contribution in [0.2, 0.25) is 0 Å². The third-order valence-electron chi connectivity index (χ3n) is 7.34. The molecule has 0 atom stereocenters. The fraction of sp³-hybridized carbons (Fsp3) is 0.419. The third-order valence-corrected chi connectivity index (χ3v) is 7.34. The van der Waals surface area contributed by atoms with Crippen molar-refractivity contribution in [2.45, 2.75) is 45.3 Å². The highest BCUT2D eigenvalue weighted by atomic mass is 19.1. The van der Waals surface area contributed by atoms with Gasteiger partial charge in [0.1, 0.15) is 23.3 Å². The Labute approximate surface area is 238 Å². The molecule has 10 heteroatoms. The summed E-state index contributed by atoms with van der Waals surface area (Å²) in [4.78, 5) is 45.7. The Bertz CT molecular complexity index is 1530. The number of aromatic nitrogens is 2. The summed E-state index contributed by atoms with van der Waals surface area (Å²) in [6.45, 7) is 5.67. The summed E-state index contributed by atoms with van der Waals surface area (Å²) >= 11 is 0. The van der Waals surface area contributed by atoms with Crippen molar-refractivity contribution in [2.24, 2.45) is 13.0 Å². The molecular formula is C31H36FN5O4. The number of ether oxygens (including phenoxy) is 1. The van der Waals surface area contributed by atoms with Crippen molar-refractivity contribution >= 4 is 17.6 Å². The van der Waals surface area contributed by atoms with Gasteiger partial charge in [0.2, 0.25) is 0 Å². The molecule has 1 aromatic carbocycles. The topological polar surface area (TPSA) is 106 Å². The molecule has 2 fully saturated rings. The second-order valence-electron chi connectivity index (χ2n) is 11.3. The molecule has 41 heavy (non-hydrogen) atoms. The Kier molecular flexibility index (Phi) is 8.21. The van der Waals surface area contributed by atoms with Gasteiger partial charge in [0.25, 0.3) is 17.4 Å². The number of rotatable bonds is 10. The Balaban J connectivity index is 1.47. The Morgan fingerprint density at radius 2 is 1.88 bits per heavy atom. The number of nitrogens with zero attached hydrogens (tertiary/aromatic N) is 3.